The second kappa shape index (κ2) is 7.45. The van der Waals surface area contributed by atoms with Gasteiger partial charge in [-0.15, -0.1) is 0 Å². The topological polar surface area (TPSA) is 41.6 Å². The Bertz CT molecular complexity index is 736. The standard InChI is InChI=1S/C18H18BrClN2O2/c1-24-14-7-4-12(5-8-14)17-3-2-10-22(17)18(23)21-16-9-6-13(19)11-15(16)20/h4-9,11,17H,2-3,10H2,1H3,(H,21,23). The van der Waals surface area contributed by atoms with Crippen LogP contribution in [0.25, 0.3) is 0 Å². The van der Waals surface area contributed by atoms with Gasteiger partial charge in [0.15, 0.2) is 0 Å². The minimum atomic E-state index is -0.127. The Balaban J connectivity index is 1.75. The van der Waals surface area contributed by atoms with Crippen molar-refractivity contribution >= 4 is 39.2 Å². The van der Waals surface area contributed by atoms with E-state index in [1.807, 2.05) is 35.2 Å². The summed E-state index contributed by atoms with van der Waals surface area (Å²) in [6.07, 6.45) is 1.94. The van der Waals surface area contributed by atoms with E-state index in [4.69, 9.17) is 16.3 Å². The average molecular weight is 410 g/mol. The van der Waals surface area contributed by atoms with Crippen molar-refractivity contribution in [3.8, 4) is 5.75 Å². The number of halogens is 2. The first-order chi connectivity index (χ1) is 11.6. The molecular formula is C18H18BrClN2O2. The van der Waals surface area contributed by atoms with E-state index in [0.717, 1.165) is 35.2 Å². The molecule has 2 amide bonds. The number of ether oxygens (including phenoxy) is 1. The summed E-state index contributed by atoms with van der Waals surface area (Å²) in [7, 11) is 1.65. The van der Waals surface area contributed by atoms with E-state index in [-0.39, 0.29) is 12.1 Å². The number of hydrogen-bond acceptors (Lipinski definition) is 2. The highest BCUT2D eigenvalue weighted by atomic mass is 79.9. The van der Waals surface area contributed by atoms with E-state index in [1.165, 1.54) is 0 Å². The van der Waals surface area contributed by atoms with Gasteiger partial charge in [0, 0.05) is 11.0 Å². The molecule has 1 atom stereocenters. The molecule has 4 nitrogen and oxygen atoms in total. The molecule has 0 radical (unpaired) electrons. The third kappa shape index (κ3) is 3.68. The largest absolute Gasteiger partial charge is 0.497 e. The second-order valence-electron chi connectivity index (χ2n) is 5.68. The van der Waals surface area contributed by atoms with Crippen LogP contribution < -0.4 is 10.1 Å². The fourth-order valence-electron chi connectivity index (χ4n) is 2.96. The molecule has 1 aliphatic heterocycles. The highest BCUT2D eigenvalue weighted by Crippen LogP contribution is 2.34. The molecule has 126 valence electrons. The summed E-state index contributed by atoms with van der Waals surface area (Å²) in [5.74, 6) is 0.814. The first-order valence-electron chi connectivity index (χ1n) is 7.75. The fourth-order valence-corrected chi connectivity index (χ4v) is 3.68. The number of nitrogens with zero attached hydrogens (tertiary/aromatic N) is 1. The van der Waals surface area contributed by atoms with Gasteiger partial charge in [-0.05, 0) is 48.7 Å². The van der Waals surface area contributed by atoms with E-state index in [1.54, 1.807) is 19.2 Å². The molecule has 2 aromatic carbocycles. The second-order valence-corrected chi connectivity index (χ2v) is 7.00. The van der Waals surface area contributed by atoms with Crippen LogP contribution >= 0.6 is 27.5 Å². The van der Waals surface area contributed by atoms with Crippen LogP contribution in [-0.2, 0) is 0 Å². The molecule has 0 spiro atoms. The van der Waals surface area contributed by atoms with E-state index < -0.39 is 0 Å². The van der Waals surface area contributed by atoms with Gasteiger partial charge in [-0.1, -0.05) is 39.7 Å². The molecule has 0 aromatic heterocycles. The highest BCUT2D eigenvalue weighted by Gasteiger charge is 2.30. The Kier molecular flexibility index (Phi) is 5.31. The Morgan fingerprint density at radius 1 is 1.29 bits per heavy atom. The number of urea groups is 1. The zero-order chi connectivity index (χ0) is 17.1. The predicted octanol–water partition coefficient (Wildman–Crippen LogP) is 5.48. The molecule has 1 N–H and O–H groups in total. The van der Waals surface area contributed by atoms with Gasteiger partial charge >= 0.3 is 6.03 Å². The molecule has 1 unspecified atom stereocenters. The number of likely N-dealkylation sites (tertiary alicyclic amines) is 1. The molecule has 1 saturated heterocycles. The minimum Gasteiger partial charge on any atom is -0.497 e. The molecule has 0 bridgehead atoms. The predicted molar refractivity (Wildman–Crippen MR) is 99.8 cm³/mol. The van der Waals surface area contributed by atoms with Gasteiger partial charge in [0.2, 0.25) is 0 Å². The molecule has 0 saturated carbocycles. The first kappa shape index (κ1) is 17.1. The van der Waals surface area contributed by atoms with Gasteiger partial charge < -0.3 is 15.0 Å². The molecule has 2 aromatic rings. The molecule has 0 aliphatic carbocycles. The maximum atomic E-state index is 12.7. The number of hydrogen-bond donors (Lipinski definition) is 1. The Morgan fingerprint density at radius 2 is 2.04 bits per heavy atom. The monoisotopic (exact) mass is 408 g/mol. The fraction of sp³-hybridized carbons (Fsp3) is 0.278. The van der Waals surface area contributed by atoms with Crippen molar-refractivity contribution in [2.24, 2.45) is 0 Å². The SMILES string of the molecule is COc1ccc(C2CCCN2C(=O)Nc2ccc(Br)cc2Cl)cc1. The Labute approximate surface area is 154 Å². The van der Waals surface area contributed by atoms with Crippen molar-refractivity contribution < 1.29 is 9.53 Å². The quantitative estimate of drug-likeness (QED) is 0.729. The minimum absolute atomic E-state index is 0.0742. The molecule has 1 aliphatic rings. The third-order valence-corrected chi connectivity index (χ3v) is 4.99. The van der Waals surface area contributed by atoms with Gasteiger partial charge in [-0.2, -0.15) is 0 Å². The zero-order valence-electron chi connectivity index (χ0n) is 13.3. The first-order valence-corrected chi connectivity index (χ1v) is 8.92. The lowest BCUT2D eigenvalue weighted by molar-refractivity contribution is 0.207. The molecule has 6 heteroatoms. The molecular weight excluding hydrogens is 392 g/mol. The van der Waals surface area contributed by atoms with Crippen LogP contribution in [0.5, 0.6) is 5.75 Å². The van der Waals surface area contributed by atoms with Gasteiger partial charge in [-0.25, -0.2) is 4.79 Å². The molecule has 24 heavy (non-hydrogen) atoms. The lowest BCUT2D eigenvalue weighted by Gasteiger charge is -2.25. The summed E-state index contributed by atoms with van der Waals surface area (Å²) in [5.41, 5.74) is 1.73. The van der Waals surface area contributed by atoms with Crippen molar-refractivity contribution in [1.29, 1.82) is 0 Å². The lowest BCUT2D eigenvalue weighted by Crippen LogP contribution is -2.34. The summed E-state index contributed by atoms with van der Waals surface area (Å²) in [6, 6.07) is 13.2. The van der Waals surface area contributed by atoms with Crippen LogP contribution in [-0.4, -0.2) is 24.6 Å². The smallest absolute Gasteiger partial charge is 0.322 e. The van der Waals surface area contributed by atoms with Crippen molar-refractivity contribution in [3.05, 3.63) is 57.5 Å². The Hall–Kier alpha value is -1.72. The van der Waals surface area contributed by atoms with Crippen molar-refractivity contribution in [3.63, 3.8) is 0 Å². The lowest BCUT2D eigenvalue weighted by atomic mass is 10.0. The third-order valence-electron chi connectivity index (χ3n) is 4.19. The summed E-state index contributed by atoms with van der Waals surface area (Å²) in [4.78, 5) is 14.5. The van der Waals surface area contributed by atoms with E-state index in [9.17, 15) is 4.79 Å². The molecule has 3 rings (SSSR count). The summed E-state index contributed by atoms with van der Waals surface area (Å²) in [5, 5.41) is 3.42. The summed E-state index contributed by atoms with van der Waals surface area (Å²) in [6.45, 7) is 0.733. The van der Waals surface area contributed by atoms with Crippen molar-refractivity contribution in [2.45, 2.75) is 18.9 Å². The number of carbonyl (C=O) groups is 1. The maximum Gasteiger partial charge on any atom is 0.322 e. The highest BCUT2D eigenvalue weighted by molar-refractivity contribution is 9.10. The molecule has 1 fully saturated rings. The number of anilines is 1. The van der Waals surface area contributed by atoms with Crippen LogP contribution in [0, 0.1) is 0 Å². The number of nitrogens with one attached hydrogen (secondary N) is 1. The van der Waals surface area contributed by atoms with E-state index >= 15 is 0 Å². The molecule has 1 heterocycles. The number of carbonyl (C=O) groups excluding carboxylic acids is 1. The Morgan fingerprint density at radius 3 is 2.71 bits per heavy atom. The van der Waals surface area contributed by atoms with E-state index in [2.05, 4.69) is 21.2 Å². The zero-order valence-corrected chi connectivity index (χ0v) is 15.6. The average Bonchev–Trinajstić information content (AvgIpc) is 3.07. The number of methoxy groups -OCH3 is 1. The number of amides is 2. The number of rotatable bonds is 3. The van der Waals surface area contributed by atoms with Crippen LogP contribution in [0.15, 0.2) is 46.9 Å². The summed E-state index contributed by atoms with van der Waals surface area (Å²) < 4.78 is 6.07. The van der Waals surface area contributed by atoms with Crippen molar-refractivity contribution in [1.82, 2.24) is 4.90 Å². The van der Waals surface area contributed by atoms with Gasteiger partial charge in [0.25, 0.3) is 0 Å². The van der Waals surface area contributed by atoms with Gasteiger partial charge in [0.05, 0.1) is 23.9 Å². The van der Waals surface area contributed by atoms with Gasteiger partial charge in [0.1, 0.15) is 5.75 Å². The van der Waals surface area contributed by atoms with Crippen molar-refractivity contribution in [2.75, 3.05) is 19.0 Å². The number of benzene rings is 2. The van der Waals surface area contributed by atoms with Crippen LogP contribution in [0.1, 0.15) is 24.4 Å². The van der Waals surface area contributed by atoms with Crippen LogP contribution in [0.2, 0.25) is 5.02 Å². The summed E-state index contributed by atoms with van der Waals surface area (Å²) >= 11 is 9.55. The van der Waals surface area contributed by atoms with E-state index in [0.29, 0.717) is 10.7 Å². The normalized spacial score (nSPS) is 17.0. The van der Waals surface area contributed by atoms with Gasteiger partial charge in [-0.3, -0.25) is 0 Å². The maximum absolute atomic E-state index is 12.7. The van der Waals surface area contributed by atoms with Crippen LogP contribution in [0.4, 0.5) is 10.5 Å². The van der Waals surface area contributed by atoms with Crippen LogP contribution in [0.3, 0.4) is 0 Å².